The number of halogens is 2. The van der Waals surface area contributed by atoms with Gasteiger partial charge >= 0.3 is 0 Å². The second-order valence-electron chi connectivity index (χ2n) is 4.69. The molecule has 2 amide bonds. The van der Waals surface area contributed by atoms with E-state index in [2.05, 4.69) is 10.6 Å². The Hall–Kier alpha value is -2.40. The quantitative estimate of drug-likeness (QED) is 0.910. The molecule has 0 unspecified atom stereocenters. The van der Waals surface area contributed by atoms with Gasteiger partial charge in [0.25, 0.3) is 11.8 Å². The molecule has 0 aliphatic rings. The van der Waals surface area contributed by atoms with Crippen LogP contribution in [0.5, 0.6) is 0 Å². The van der Waals surface area contributed by atoms with Crippen LogP contribution in [0, 0.1) is 12.7 Å². The van der Waals surface area contributed by atoms with Gasteiger partial charge in [0.05, 0.1) is 5.56 Å². The minimum atomic E-state index is -0.665. The van der Waals surface area contributed by atoms with Gasteiger partial charge in [-0.1, -0.05) is 17.7 Å². The van der Waals surface area contributed by atoms with Crippen molar-refractivity contribution in [3.63, 3.8) is 0 Å². The monoisotopic (exact) mass is 320 g/mol. The van der Waals surface area contributed by atoms with Gasteiger partial charge in [-0.25, -0.2) is 4.39 Å². The molecule has 0 saturated carbocycles. The summed E-state index contributed by atoms with van der Waals surface area (Å²) in [5, 5.41) is 5.36. The Kier molecular flexibility index (Phi) is 4.78. The second-order valence-corrected chi connectivity index (χ2v) is 5.12. The molecule has 6 heteroatoms. The van der Waals surface area contributed by atoms with Gasteiger partial charge < -0.3 is 10.6 Å². The van der Waals surface area contributed by atoms with Crippen LogP contribution >= 0.6 is 11.6 Å². The van der Waals surface area contributed by atoms with E-state index < -0.39 is 11.7 Å². The van der Waals surface area contributed by atoms with Gasteiger partial charge in [-0.3, -0.25) is 9.59 Å². The van der Waals surface area contributed by atoms with E-state index in [1.165, 1.54) is 25.2 Å². The van der Waals surface area contributed by atoms with Gasteiger partial charge in [0.15, 0.2) is 0 Å². The summed E-state index contributed by atoms with van der Waals surface area (Å²) in [6.07, 6.45) is 0. The summed E-state index contributed by atoms with van der Waals surface area (Å²) >= 11 is 5.78. The van der Waals surface area contributed by atoms with Crippen LogP contribution in [-0.2, 0) is 0 Å². The lowest BCUT2D eigenvalue weighted by molar-refractivity contribution is 0.0961. The molecule has 0 heterocycles. The predicted molar refractivity (Wildman–Crippen MR) is 83.9 cm³/mol. The summed E-state index contributed by atoms with van der Waals surface area (Å²) in [4.78, 5) is 23.8. The maximum absolute atomic E-state index is 13.7. The smallest absolute Gasteiger partial charge is 0.258 e. The van der Waals surface area contributed by atoms with Crippen molar-refractivity contribution >= 4 is 29.1 Å². The average Bonchev–Trinajstić information content (AvgIpc) is 2.50. The summed E-state index contributed by atoms with van der Waals surface area (Å²) < 4.78 is 13.7. The Balaban J connectivity index is 2.32. The molecule has 0 radical (unpaired) electrons. The molecule has 2 aromatic carbocycles. The van der Waals surface area contributed by atoms with E-state index in [4.69, 9.17) is 11.6 Å². The normalized spacial score (nSPS) is 10.2. The van der Waals surface area contributed by atoms with E-state index in [1.807, 2.05) is 0 Å². The Labute approximate surface area is 132 Å². The number of hydrogen-bond donors (Lipinski definition) is 2. The van der Waals surface area contributed by atoms with Gasteiger partial charge in [-0.05, 0) is 42.8 Å². The topological polar surface area (TPSA) is 58.2 Å². The van der Waals surface area contributed by atoms with Crippen LogP contribution in [0.3, 0.4) is 0 Å². The average molecular weight is 321 g/mol. The fourth-order valence-corrected chi connectivity index (χ4v) is 2.08. The Morgan fingerprint density at radius 1 is 1.09 bits per heavy atom. The highest BCUT2D eigenvalue weighted by Gasteiger charge is 2.14. The van der Waals surface area contributed by atoms with Crippen molar-refractivity contribution in [1.29, 1.82) is 0 Å². The molecule has 0 aliphatic heterocycles. The van der Waals surface area contributed by atoms with Crippen LogP contribution in [-0.4, -0.2) is 18.9 Å². The van der Waals surface area contributed by atoms with Crippen LogP contribution in [0.1, 0.15) is 26.3 Å². The summed E-state index contributed by atoms with van der Waals surface area (Å²) in [5.41, 5.74) is 1.43. The molecule has 114 valence electrons. The summed E-state index contributed by atoms with van der Waals surface area (Å²) in [5.74, 6) is -1.57. The van der Waals surface area contributed by atoms with E-state index in [0.717, 1.165) is 11.6 Å². The zero-order valence-corrected chi connectivity index (χ0v) is 12.8. The first-order chi connectivity index (χ1) is 10.4. The Morgan fingerprint density at radius 2 is 1.82 bits per heavy atom. The number of hydrogen-bond acceptors (Lipinski definition) is 2. The van der Waals surface area contributed by atoms with Gasteiger partial charge in [0.2, 0.25) is 0 Å². The lowest BCUT2D eigenvalue weighted by Crippen LogP contribution is -2.19. The third-order valence-electron chi connectivity index (χ3n) is 3.15. The van der Waals surface area contributed by atoms with Crippen LogP contribution in [0.25, 0.3) is 0 Å². The number of nitrogens with one attached hydrogen (secondary N) is 2. The lowest BCUT2D eigenvalue weighted by atomic mass is 10.1. The number of anilines is 1. The van der Waals surface area contributed by atoms with Gasteiger partial charge in [-0.15, -0.1) is 0 Å². The fraction of sp³-hybridized carbons (Fsp3) is 0.125. The predicted octanol–water partition coefficient (Wildman–Crippen LogP) is 3.40. The summed E-state index contributed by atoms with van der Waals surface area (Å²) in [7, 11) is 1.52. The molecule has 0 bridgehead atoms. The first-order valence-electron chi connectivity index (χ1n) is 6.51. The lowest BCUT2D eigenvalue weighted by Gasteiger charge is -2.11. The molecule has 0 saturated heterocycles. The Bertz CT molecular complexity index is 747. The van der Waals surface area contributed by atoms with Crippen molar-refractivity contribution in [1.82, 2.24) is 5.32 Å². The van der Waals surface area contributed by atoms with E-state index in [9.17, 15) is 14.0 Å². The molecule has 4 nitrogen and oxygen atoms in total. The highest BCUT2D eigenvalue weighted by atomic mass is 35.5. The third kappa shape index (κ3) is 3.43. The van der Waals surface area contributed by atoms with E-state index in [-0.39, 0.29) is 16.5 Å². The van der Waals surface area contributed by atoms with Crippen molar-refractivity contribution in [2.75, 3.05) is 12.4 Å². The standard InChI is InChI=1S/C16H14ClFN2O2/c1-9-3-4-10(15(21)19-2)7-14(9)20-16(22)12-8-11(17)5-6-13(12)18/h3-8H,1-2H3,(H,19,21)(H,20,22). The third-order valence-corrected chi connectivity index (χ3v) is 3.38. The minimum Gasteiger partial charge on any atom is -0.355 e. The molecule has 0 aromatic heterocycles. The molecule has 0 atom stereocenters. The van der Waals surface area contributed by atoms with Crippen molar-refractivity contribution in [2.45, 2.75) is 6.92 Å². The van der Waals surface area contributed by atoms with Crippen molar-refractivity contribution in [3.05, 3.63) is 63.9 Å². The van der Waals surface area contributed by atoms with Crippen LogP contribution in [0.2, 0.25) is 5.02 Å². The number of rotatable bonds is 3. The van der Waals surface area contributed by atoms with Crippen molar-refractivity contribution < 1.29 is 14.0 Å². The molecular weight excluding hydrogens is 307 g/mol. The number of carbonyl (C=O) groups is 2. The Morgan fingerprint density at radius 3 is 2.50 bits per heavy atom. The molecule has 2 aromatic rings. The molecular formula is C16H14ClFN2O2. The molecule has 2 rings (SSSR count). The van der Waals surface area contributed by atoms with Crippen LogP contribution in [0.4, 0.5) is 10.1 Å². The second kappa shape index (κ2) is 6.58. The van der Waals surface area contributed by atoms with Gasteiger partial charge in [-0.2, -0.15) is 0 Å². The molecule has 0 aliphatic carbocycles. The highest BCUT2D eigenvalue weighted by Crippen LogP contribution is 2.20. The van der Waals surface area contributed by atoms with Crippen molar-refractivity contribution in [2.24, 2.45) is 0 Å². The van der Waals surface area contributed by atoms with Crippen molar-refractivity contribution in [3.8, 4) is 0 Å². The maximum atomic E-state index is 13.7. The summed E-state index contributed by atoms with van der Waals surface area (Å²) in [6, 6.07) is 8.63. The maximum Gasteiger partial charge on any atom is 0.258 e. The van der Waals surface area contributed by atoms with E-state index in [1.54, 1.807) is 19.1 Å². The summed E-state index contributed by atoms with van der Waals surface area (Å²) in [6.45, 7) is 1.78. The SMILES string of the molecule is CNC(=O)c1ccc(C)c(NC(=O)c2cc(Cl)ccc2F)c1. The largest absolute Gasteiger partial charge is 0.355 e. The van der Waals surface area contributed by atoms with Crippen LogP contribution in [0.15, 0.2) is 36.4 Å². The van der Waals surface area contributed by atoms with Crippen LogP contribution < -0.4 is 10.6 Å². The van der Waals surface area contributed by atoms with E-state index >= 15 is 0 Å². The number of carbonyl (C=O) groups excluding carboxylic acids is 2. The zero-order chi connectivity index (χ0) is 16.3. The molecule has 2 N–H and O–H groups in total. The number of aryl methyl sites for hydroxylation is 1. The minimum absolute atomic E-state index is 0.155. The molecule has 22 heavy (non-hydrogen) atoms. The van der Waals surface area contributed by atoms with Gasteiger partial charge in [0.1, 0.15) is 5.82 Å². The zero-order valence-electron chi connectivity index (χ0n) is 12.0. The first kappa shape index (κ1) is 16.0. The highest BCUT2D eigenvalue weighted by molar-refractivity contribution is 6.31. The van der Waals surface area contributed by atoms with Gasteiger partial charge in [0, 0.05) is 23.3 Å². The van der Waals surface area contributed by atoms with E-state index in [0.29, 0.717) is 11.3 Å². The first-order valence-corrected chi connectivity index (χ1v) is 6.89. The number of benzene rings is 2. The molecule has 0 fully saturated rings. The number of amides is 2. The fourth-order valence-electron chi connectivity index (χ4n) is 1.90. The molecule has 0 spiro atoms.